The normalized spacial score (nSPS) is 13.7. The summed E-state index contributed by atoms with van der Waals surface area (Å²) >= 11 is 0. The number of amides is 1. The molecule has 0 aliphatic heterocycles. The van der Waals surface area contributed by atoms with Crippen LogP contribution in [0.15, 0.2) is 30.3 Å². The van der Waals surface area contributed by atoms with Crippen LogP contribution in [-0.2, 0) is 11.3 Å². The number of hydrogen-bond acceptors (Lipinski definition) is 4. The molecule has 0 spiro atoms. The number of carbonyl (C=O) groups excluding carboxylic acids is 1. The van der Waals surface area contributed by atoms with E-state index in [1.54, 1.807) is 0 Å². The van der Waals surface area contributed by atoms with Crippen molar-refractivity contribution in [3.63, 3.8) is 0 Å². The topological polar surface area (TPSA) is 83.6 Å². The molecule has 0 saturated heterocycles. The fourth-order valence-electron chi connectivity index (χ4n) is 2.17. The summed E-state index contributed by atoms with van der Waals surface area (Å²) in [7, 11) is 0. The Bertz CT molecular complexity index is 526. The third-order valence-corrected chi connectivity index (χ3v) is 3.46. The van der Waals surface area contributed by atoms with Gasteiger partial charge in [0.15, 0.2) is 5.82 Å². The van der Waals surface area contributed by atoms with E-state index in [9.17, 15) is 4.79 Å². The van der Waals surface area contributed by atoms with Crippen LogP contribution in [-0.4, -0.2) is 26.5 Å². The van der Waals surface area contributed by atoms with E-state index in [0.29, 0.717) is 5.82 Å². The summed E-state index contributed by atoms with van der Waals surface area (Å²) in [6.07, 6.45) is 0.940. The van der Waals surface area contributed by atoms with Crippen LogP contribution in [0.3, 0.4) is 0 Å². The summed E-state index contributed by atoms with van der Waals surface area (Å²) in [5, 5.41) is 16.4. The van der Waals surface area contributed by atoms with Crippen molar-refractivity contribution in [2.24, 2.45) is 5.92 Å². The molecular formula is C14H19N5O. The molecule has 20 heavy (non-hydrogen) atoms. The van der Waals surface area contributed by atoms with E-state index in [2.05, 4.69) is 39.8 Å². The Morgan fingerprint density at radius 1 is 1.35 bits per heavy atom. The summed E-state index contributed by atoms with van der Waals surface area (Å²) in [6.45, 7) is 4.47. The molecule has 2 atom stereocenters. The molecule has 1 aromatic heterocycles. The summed E-state index contributed by atoms with van der Waals surface area (Å²) in [5.74, 6) is 0.584. The van der Waals surface area contributed by atoms with Crippen LogP contribution >= 0.6 is 0 Å². The smallest absolute Gasteiger partial charge is 0.228 e. The predicted octanol–water partition coefficient (Wildman–Crippen LogP) is 1.65. The molecule has 0 aliphatic rings. The molecule has 0 bridgehead atoms. The molecule has 106 valence electrons. The summed E-state index contributed by atoms with van der Waals surface area (Å²) < 4.78 is 0. The molecule has 0 aliphatic carbocycles. The Balaban J connectivity index is 2.08. The first-order valence-electron chi connectivity index (χ1n) is 6.77. The van der Waals surface area contributed by atoms with Crippen molar-refractivity contribution in [2.45, 2.75) is 32.7 Å². The second-order valence-corrected chi connectivity index (χ2v) is 4.82. The maximum Gasteiger partial charge on any atom is 0.228 e. The second-order valence-electron chi connectivity index (χ2n) is 4.82. The summed E-state index contributed by atoms with van der Waals surface area (Å²) in [4.78, 5) is 12.4. The molecule has 6 nitrogen and oxygen atoms in total. The molecule has 1 amide bonds. The van der Waals surface area contributed by atoms with E-state index >= 15 is 0 Å². The number of nitrogens with one attached hydrogen (secondary N) is 2. The van der Waals surface area contributed by atoms with Crippen molar-refractivity contribution < 1.29 is 4.79 Å². The first-order valence-corrected chi connectivity index (χ1v) is 6.77. The molecule has 1 aromatic carbocycles. The number of aromatic nitrogens is 4. The molecule has 6 heteroatoms. The maximum absolute atomic E-state index is 12.4. The van der Waals surface area contributed by atoms with Gasteiger partial charge in [-0.3, -0.25) is 4.79 Å². The van der Waals surface area contributed by atoms with Crippen LogP contribution in [0.5, 0.6) is 0 Å². The highest BCUT2D eigenvalue weighted by Gasteiger charge is 2.25. The van der Waals surface area contributed by atoms with Crippen LogP contribution in [0.1, 0.15) is 37.6 Å². The lowest BCUT2D eigenvalue weighted by molar-refractivity contribution is -0.123. The second kappa shape index (κ2) is 6.79. The van der Waals surface area contributed by atoms with Crippen LogP contribution < -0.4 is 5.32 Å². The Morgan fingerprint density at radius 2 is 2.10 bits per heavy atom. The Labute approximate surface area is 118 Å². The minimum Gasteiger partial charge on any atom is -0.348 e. The molecule has 2 N–H and O–H groups in total. The van der Waals surface area contributed by atoms with Gasteiger partial charge in [0.25, 0.3) is 0 Å². The van der Waals surface area contributed by atoms with Gasteiger partial charge in [0, 0.05) is 0 Å². The average Bonchev–Trinajstić information content (AvgIpc) is 2.99. The highest BCUT2D eigenvalue weighted by atomic mass is 16.1. The van der Waals surface area contributed by atoms with Gasteiger partial charge in [-0.1, -0.05) is 55.8 Å². The molecule has 0 fully saturated rings. The molecular weight excluding hydrogens is 254 g/mol. The fraction of sp³-hybridized carbons (Fsp3) is 0.429. The van der Waals surface area contributed by atoms with Crippen LogP contribution in [0.4, 0.5) is 0 Å². The summed E-state index contributed by atoms with van der Waals surface area (Å²) in [5.41, 5.74) is 1.03. The third kappa shape index (κ3) is 3.40. The number of tetrazole rings is 1. The van der Waals surface area contributed by atoms with E-state index < -0.39 is 0 Å². The van der Waals surface area contributed by atoms with E-state index in [1.807, 2.05) is 30.3 Å². The fourth-order valence-corrected chi connectivity index (χ4v) is 2.17. The van der Waals surface area contributed by atoms with E-state index in [0.717, 1.165) is 12.0 Å². The lowest BCUT2D eigenvalue weighted by atomic mass is 9.85. The number of aromatic amines is 1. The Kier molecular flexibility index (Phi) is 4.81. The number of hydrogen-bond donors (Lipinski definition) is 2. The zero-order chi connectivity index (χ0) is 14.4. The number of benzene rings is 1. The SMILES string of the molecule is CCC(C)C(C(=O)NCc1nn[nH]n1)c1ccccc1. The molecule has 0 saturated carbocycles. The van der Waals surface area contributed by atoms with Gasteiger partial charge in [0.2, 0.25) is 5.91 Å². The van der Waals surface area contributed by atoms with Gasteiger partial charge in [-0.05, 0) is 11.5 Å². The van der Waals surface area contributed by atoms with Crippen molar-refractivity contribution in [2.75, 3.05) is 0 Å². The maximum atomic E-state index is 12.4. The van der Waals surface area contributed by atoms with Crippen LogP contribution in [0, 0.1) is 5.92 Å². The number of H-pyrrole nitrogens is 1. The third-order valence-electron chi connectivity index (χ3n) is 3.46. The molecule has 1 heterocycles. The van der Waals surface area contributed by atoms with Crippen molar-refractivity contribution in [1.82, 2.24) is 25.9 Å². The van der Waals surface area contributed by atoms with Gasteiger partial charge in [-0.15, -0.1) is 10.2 Å². The highest BCUT2D eigenvalue weighted by molar-refractivity contribution is 5.83. The van der Waals surface area contributed by atoms with Gasteiger partial charge < -0.3 is 5.32 Å². The quantitative estimate of drug-likeness (QED) is 0.838. The average molecular weight is 273 g/mol. The van der Waals surface area contributed by atoms with Gasteiger partial charge >= 0.3 is 0 Å². The minimum absolute atomic E-state index is 0.00431. The van der Waals surface area contributed by atoms with E-state index in [-0.39, 0.29) is 24.3 Å². The molecule has 2 unspecified atom stereocenters. The van der Waals surface area contributed by atoms with Crippen molar-refractivity contribution in [3.8, 4) is 0 Å². The molecule has 0 radical (unpaired) electrons. The standard InChI is InChI=1S/C14H19N5O/c1-3-10(2)13(11-7-5-4-6-8-11)14(20)15-9-12-16-18-19-17-12/h4-8,10,13H,3,9H2,1-2H3,(H,15,20)(H,16,17,18,19). The van der Waals surface area contributed by atoms with Crippen molar-refractivity contribution in [1.29, 1.82) is 0 Å². The summed E-state index contributed by atoms with van der Waals surface area (Å²) in [6, 6.07) is 9.85. The van der Waals surface area contributed by atoms with E-state index in [1.165, 1.54) is 0 Å². The first kappa shape index (κ1) is 14.2. The lowest BCUT2D eigenvalue weighted by Crippen LogP contribution is -2.32. The van der Waals surface area contributed by atoms with Crippen LogP contribution in [0.25, 0.3) is 0 Å². The van der Waals surface area contributed by atoms with Gasteiger partial charge in [0.1, 0.15) is 0 Å². The first-order chi connectivity index (χ1) is 9.72. The van der Waals surface area contributed by atoms with Gasteiger partial charge in [-0.25, -0.2) is 0 Å². The van der Waals surface area contributed by atoms with Crippen molar-refractivity contribution in [3.05, 3.63) is 41.7 Å². The van der Waals surface area contributed by atoms with Crippen molar-refractivity contribution >= 4 is 5.91 Å². The monoisotopic (exact) mass is 273 g/mol. The van der Waals surface area contributed by atoms with Crippen LogP contribution in [0.2, 0.25) is 0 Å². The minimum atomic E-state index is -0.159. The van der Waals surface area contributed by atoms with Gasteiger partial charge in [0.05, 0.1) is 12.5 Å². The predicted molar refractivity (Wildman–Crippen MR) is 74.7 cm³/mol. The zero-order valence-corrected chi connectivity index (χ0v) is 11.7. The highest BCUT2D eigenvalue weighted by Crippen LogP contribution is 2.27. The Hall–Kier alpha value is -2.24. The number of rotatable bonds is 6. The lowest BCUT2D eigenvalue weighted by Gasteiger charge is -2.22. The number of nitrogens with zero attached hydrogens (tertiary/aromatic N) is 3. The molecule has 2 aromatic rings. The largest absolute Gasteiger partial charge is 0.348 e. The zero-order valence-electron chi connectivity index (χ0n) is 11.7. The van der Waals surface area contributed by atoms with Gasteiger partial charge in [-0.2, -0.15) is 5.21 Å². The number of carbonyl (C=O) groups is 1. The molecule has 2 rings (SSSR count). The Morgan fingerprint density at radius 3 is 2.70 bits per heavy atom. The van der Waals surface area contributed by atoms with E-state index in [4.69, 9.17) is 0 Å².